The van der Waals surface area contributed by atoms with Crippen molar-refractivity contribution >= 4 is 27.9 Å². The summed E-state index contributed by atoms with van der Waals surface area (Å²) in [4.78, 5) is 26.9. The number of amides is 3. The Kier molecular flexibility index (Phi) is 4.44. The van der Waals surface area contributed by atoms with Gasteiger partial charge >= 0.3 is 6.03 Å². The van der Waals surface area contributed by atoms with Crippen LogP contribution in [0, 0.1) is 0 Å². The van der Waals surface area contributed by atoms with E-state index in [0.29, 0.717) is 12.2 Å². The average molecular weight is 415 g/mol. The van der Waals surface area contributed by atoms with E-state index in [1.807, 2.05) is 48.5 Å². The number of carbonyl (C=O) groups is 2. The molecule has 3 amide bonds. The molecule has 1 aliphatic carbocycles. The minimum Gasteiger partial charge on any atom is -0.492 e. The van der Waals surface area contributed by atoms with Crippen LogP contribution in [0.2, 0.25) is 0 Å². The SMILES string of the molecule is O=C1N[C@@]2(CCCc3ccccc32)C(=O)N1CCOc1cccc(Br)c1. The van der Waals surface area contributed by atoms with Gasteiger partial charge in [-0.3, -0.25) is 9.69 Å². The van der Waals surface area contributed by atoms with Gasteiger partial charge in [0, 0.05) is 4.47 Å². The summed E-state index contributed by atoms with van der Waals surface area (Å²) in [6.07, 6.45) is 2.45. The van der Waals surface area contributed by atoms with E-state index in [0.717, 1.165) is 28.4 Å². The Morgan fingerprint density at radius 1 is 1.15 bits per heavy atom. The number of nitrogens with zero attached hydrogens (tertiary/aromatic N) is 1. The number of carbonyl (C=O) groups excluding carboxylic acids is 2. The van der Waals surface area contributed by atoms with Crippen LogP contribution in [0.3, 0.4) is 0 Å². The Balaban J connectivity index is 1.50. The van der Waals surface area contributed by atoms with Gasteiger partial charge in [0.1, 0.15) is 17.9 Å². The van der Waals surface area contributed by atoms with Crippen LogP contribution in [0.4, 0.5) is 4.79 Å². The van der Waals surface area contributed by atoms with Crippen molar-refractivity contribution in [1.29, 1.82) is 0 Å². The van der Waals surface area contributed by atoms with Crippen molar-refractivity contribution in [3.63, 3.8) is 0 Å². The van der Waals surface area contributed by atoms with Gasteiger partial charge in [-0.05, 0) is 48.6 Å². The zero-order valence-electron chi connectivity index (χ0n) is 14.2. The van der Waals surface area contributed by atoms with Gasteiger partial charge in [-0.2, -0.15) is 0 Å². The molecule has 6 heteroatoms. The molecular weight excluding hydrogens is 396 g/mol. The summed E-state index contributed by atoms with van der Waals surface area (Å²) >= 11 is 3.39. The number of halogens is 1. The summed E-state index contributed by atoms with van der Waals surface area (Å²) in [5.74, 6) is 0.525. The normalized spacial score (nSPS) is 21.7. The van der Waals surface area contributed by atoms with Gasteiger partial charge in [0.05, 0.1) is 6.54 Å². The number of nitrogens with one attached hydrogen (secondary N) is 1. The molecule has 1 heterocycles. The monoisotopic (exact) mass is 414 g/mol. The smallest absolute Gasteiger partial charge is 0.325 e. The van der Waals surface area contributed by atoms with Gasteiger partial charge in [0.15, 0.2) is 0 Å². The zero-order chi connectivity index (χ0) is 18.1. The molecule has 134 valence electrons. The molecule has 1 aliphatic heterocycles. The number of rotatable bonds is 4. The molecule has 2 aromatic carbocycles. The van der Waals surface area contributed by atoms with Crippen molar-refractivity contribution in [1.82, 2.24) is 10.2 Å². The van der Waals surface area contributed by atoms with Crippen LogP contribution in [0.1, 0.15) is 24.0 Å². The van der Waals surface area contributed by atoms with Crippen molar-refractivity contribution in [2.45, 2.75) is 24.8 Å². The second kappa shape index (κ2) is 6.76. The Morgan fingerprint density at radius 2 is 2.00 bits per heavy atom. The molecule has 4 rings (SSSR count). The molecule has 1 fully saturated rings. The van der Waals surface area contributed by atoms with Crippen molar-refractivity contribution in [2.24, 2.45) is 0 Å². The van der Waals surface area contributed by atoms with Crippen molar-refractivity contribution in [3.8, 4) is 5.75 Å². The number of hydrogen-bond acceptors (Lipinski definition) is 3. The first-order chi connectivity index (χ1) is 12.6. The predicted molar refractivity (Wildman–Crippen MR) is 101 cm³/mol. The van der Waals surface area contributed by atoms with E-state index in [1.165, 1.54) is 4.90 Å². The molecule has 5 nitrogen and oxygen atoms in total. The van der Waals surface area contributed by atoms with E-state index in [9.17, 15) is 9.59 Å². The fraction of sp³-hybridized carbons (Fsp3) is 0.300. The minimum absolute atomic E-state index is 0.174. The first-order valence-electron chi connectivity index (χ1n) is 8.71. The predicted octanol–water partition coefficient (Wildman–Crippen LogP) is 3.61. The molecule has 0 saturated carbocycles. The Morgan fingerprint density at radius 3 is 2.85 bits per heavy atom. The maximum atomic E-state index is 13.1. The lowest BCUT2D eigenvalue weighted by atomic mass is 9.76. The van der Waals surface area contributed by atoms with E-state index in [4.69, 9.17) is 4.74 Å². The maximum absolute atomic E-state index is 13.1. The molecule has 1 saturated heterocycles. The summed E-state index contributed by atoms with van der Waals surface area (Å²) < 4.78 is 6.61. The third-order valence-corrected chi connectivity index (χ3v) is 5.52. The first kappa shape index (κ1) is 17.1. The average Bonchev–Trinajstić information content (AvgIpc) is 2.87. The molecule has 1 spiro atoms. The van der Waals surface area contributed by atoms with E-state index < -0.39 is 5.54 Å². The van der Waals surface area contributed by atoms with Crippen LogP contribution in [0.15, 0.2) is 53.0 Å². The lowest BCUT2D eigenvalue weighted by Gasteiger charge is -2.33. The fourth-order valence-corrected chi connectivity index (χ4v) is 4.20. The second-order valence-corrected chi connectivity index (χ2v) is 7.52. The lowest BCUT2D eigenvalue weighted by Crippen LogP contribution is -2.46. The summed E-state index contributed by atoms with van der Waals surface area (Å²) in [6.45, 7) is 0.481. The highest BCUT2D eigenvalue weighted by molar-refractivity contribution is 9.10. The largest absolute Gasteiger partial charge is 0.492 e. The number of urea groups is 1. The van der Waals surface area contributed by atoms with Gasteiger partial charge < -0.3 is 10.1 Å². The van der Waals surface area contributed by atoms with Crippen LogP contribution in [0.5, 0.6) is 5.75 Å². The zero-order valence-corrected chi connectivity index (χ0v) is 15.8. The van der Waals surface area contributed by atoms with E-state index in [2.05, 4.69) is 21.2 Å². The van der Waals surface area contributed by atoms with Crippen LogP contribution in [-0.4, -0.2) is 30.0 Å². The van der Waals surface area contributed by atoms with Crippen LogP contribution in [-0.2, 0) is 16.8 Å². The highest BCUT2D eigenvalue weighted by Crippen LogP contribution is 2.39. The Hall–Kier alpha value is -2.34. The quantitative estimate of drug-likeness (QED) is 0.777. The molecule has 1 N–H and O–H groups in total. The van der Waals surface area contributed by atoms with Crippen LogP contribution < -0.4 is 10.1 Å². The molecule has 0 bridgehead atoms. The Labute approximate surface area is 160 Å². The van der Waals surface area contributed by atoms with E-state index >= 15 is 0 Å². The summed E-state index contributed by atoms with van der Waals surface area (Å²) in [6, 6.07) is 15.0. The summed E-state index contributed by atoms with van der Waals surface area (Å²) in [5, 5.41) is 2.96. The minimum atomic E-state index is -0.915. The van der Waals surface area contributed by atoms with Gasteiger partial charge in [-0.25, -0.2) is 4.79 Å². The van der Waals surface area contributed by atoms with Gasteiger partial charge in [-0.15, -0.1) is 0 Å². The van der Waals surface area contributed by atoms with Gasteiger partial charge in [0.2, 0.25) is 0 Å². The molecule has 2 aliphatic rings. The third-order valence-electron chi connectivity index (χ3n) is 5.03. The molecule has 26 heavy (non-hydrogen) atoms. The number of fused-ring (bicyclic) bond motifs is 2. The second-order valence-electron chi connectivity index (χ2n) is 6.61. The van der Waals surface area contributed by atoms with Crippen LogP contribution in [0.25, 0.3) is 0 Å². The fourth-order valence-electron chi connectivity index (χ4n) is 3.83. The van der Waals surface area contributed by atoms with Crippen LogP contribution >= 0.6 is 15.9 Å². The van der Waals surface area contributed by atoms with E-state index in [1.54, 1.807) is 0 Å². The van der Waals surface area contributed by atoms with Crippen molar-refractivity contribution < 1.29 is 14.3 Å². The molecule has 0 unspecified atom stereocenters. The lowest BCUT2D eigenvalue weighted by molar-refractivity contribution is -0.132. The highest BCUT2D eigenvalue weighted by atomic mass is 79.9. The molecule has 1 atom stereocenters. The summed E-state index contributed by atoms with van der Waals surface area (Å²) in [7, 11) is 0. The third kappa shape index (κ3) is 2.88. The molecule has 0 aromatic heterocycles. The number of benzene rings is 2. The van der Waals surface area contributed by atoms with Gasteiger partial charge in [-0.1, -0.05) is 46.3 Å². The Bertz CT molecular complexity index is 870. The summed E-state index contributed by atoms with van der Waals surface area (Å²) in [5.41, 5.74) is 1.15. The first-order valence-corrected chi connectivity index (χ1v) is 9.50. The number of aryl methyl sites for hydroxylation is 1. The maximum Gasteiger partial charge on any atom is 0.325 e. The van der Waals surface area contributed by atoms with Crippen molar-refractivity contribution in [3.05, 3.63) is 64.1 Å². The number of imide groups is 1. The highest BCUT2D eigenvalue weighted by Gasteiger charge is 2.53. The molecule has 2 aromatic rings. The standard InChI is InChI=1S/C20H19BrN2O3/c21-15-7-3-8-16(13-15)26-12-11-23-18(24)20(22-19(23)25)10-4-6-14-5-1-2-9-17(14)20/h1-3,5,7-9,13H,4,6,10-12H2,(H,22,25)/t20-/m1/s1. The topological polar surface area (TPSA) is 58.6 Å². The van der Waals surface area contributed by atoms with E-state index in [-0.39, 0.29) is 25.1 Å². The molecular formula is C20H19BrN2O3. The van der Waals surface area contributed by atoms with Crippen molar-refractivity contribution in [2.75, 3.05) is 13.2 Å². The number of hydrogen-bond donors (Lipinski definition) is 1. The number of ether oxygens (including phenoxy) is 1. The molecule has 0 radical (unpaired) electrons. The van der Waals surface area contributed by atoms with Gasteiger partial charge in [0.25, 0.3) is 5.91 Å².